The van der Waals surface area contributed by atoms with Gasteiger partial charge in [-0.3, -0.25) is 4.98 Å². The van der Waals surface area contributed by atoms with E-state index in [1.807, 2.05) is 35.2 Å². The smallest absolute Gasteiger partial charge is 0.329 e. The van der Waals surface area contributed by atoms with Crippen LogP contribution in [0.2, 0.25) is 0 Å². The number of hydrogen-bond acceptors (Lipinski definition) is 7. The van der Waals surface area contributed by atoms with Gasteiger partial charge in [-0.25, -0.2) is 14.4 Å². The first-order valence-electron chi connectivity index (χ1n) is 14.4. The van der Waals surface area contributed by atoms with E-state index in [9.17, 15) is 14.4 Å². The number of esters is 1. The number of piperidine rings is 1. The molecule has 6 rings (SSSR count). The quantitative estimate of drug-likeness (QED) is 0.434. The number of anilines is 1. The summed E-state index contributed by atoms with van der Waals surface area (Å²) in [6, 6.07) is 10.3. The van der Waals surface area contributed by atoms with Crippen molar-refractivity contribution in [1.82, 2.24) is 25.5 Å². The Morgan fingerprint density at radius 2 is 1.93 bits per heavy atom. The van der Waals surface area contributed by atoms with Crippen molar-refractivity contribution in [2.45, 2.75) is 63.4 Å². The second-order valence-corrected chi connectivity index (χ2v) is 11.1. The van der Waals surface area contributed by atoms with Crippen molar-refractivity contribution in [2.75, 3.05) is 18.4 Å². The van der Waals surface area contributed by atoms with Gasteiger partial charge < -0.3 is 30.6 Å². The highest BCUT2D eigenvalue weighted by Gasteiger charge is 2.34. The number of amides is 4. The molecule has 2 unspecified atom stereocenters. The average Bonchev–Trinajstić information content (AvgIpc) is 3.49. The fraction of sp³-hybridized carbons (Fsp3) is 0.387. The summed E-state index contributed by atoms with van der Waals surface area (Å²) in [7, 11) is 0. The Morgan fingerprint density at radius 1 is 1.14 bits per heavy atom. The molecule has 3 aliphatic heterocycles. The van der Waals surface area contributed by atoms with Crippen molar-refractivity contribution in [3.8, 4) is 0 Å². The molecule has 0 radical (unpaired) electrons. The van der Waals surface area contributed by atoms with Crippen molar-refractivity contribution in [3.05, 3.63) is 83.2 Å². The number of carbonyl (C=O) groups excluding carboxylic acids is 3. The minimum atomic E-state index is -0.866. The number of urea groups is 2. The molecular weight excluding hydrogens is 534 g/mol. The molecule has 2 aromatic rings. The zero-order chi connectivity index (χ0) is 29.1. The fourth-order valence-corrected chi connectivity index (χ4v) is 5.90. The zero-order valence-corrected chi connectivity index (χ0v) is 23.5. The van der Waals surface area contributed by atoms with Gasteiger partial charge in [0.25, 0.3) is 0 Å². The first-order valence-corrected chi connectivity index (χ1v) is 14.4. The third-order valence-corrected chi connectivity index (χ3v) is 8.36. The molecule has 4 heterocycles. The minimum Gasteiger partial charge on any atom is -0.456 e. The maximum atomic E-state index is 13.4. The van der Waals surface area contributed by atoms with E-state index in [0.717, 1.165) is 34.4 Å². The summed E-state index contributed by atoms with van der Waals surface area (Å²) in [5.74, 6) is -0.495. The van der Waals surface area contributed by atoms with Gasteiger partial charge in [0, 0.05) is 50.2 Å². The van der Waals surface area contributed by atoms with Gasteiger partial charge in [0.2, 0.25) is 0 Å². The molecule has 1 fully saturated rings. The minimum absolute atomic E-state index is 0.0260. The average molecular weight is 570 g/mol. The number of benzene rings is 1. The van der Waals surface area contributed by atoms with Gasteiger partial charge >= 0.3 is 18.0 Å². The largest absolute Gasteiger partial charge is 0.456 e. The number of fused-ring (bicyclic) bond motifs is 2. The Balaban J connectivity index is 1.10. The first-order chi connectivity index (χ1) is 20.4. The highest BCUT2D eigenvalue weighted by Crippen LogP contribution is 2.28. The Bertz CT molecular complexity index is 1430. The third-order valence-electron chi connectivity index (χ3n) is 8.36. The van der Waals surface area contributed by atoms with E-state index in [4.69, 9.17) is 4.74 Å². The molecule has 3 atom stereocenters. The zero-order valence-electron chi connectivity index (χ0n) is 23.5. The van der Waals surface area contributed by atoms with Crippen LogP contribution in [0, 0.1) is 0 Å². The maximum absolute atomic E-state index is 13.4. The van der Waals surface area contributed by atoms with Crippen LogP contribution in [0.1, 0.15) is 49.8 Å². The van der Waals surface area contributed by atoms with E-state index in [-0.39, 0.29) is 24.1 Å². The fourth-order valence-electron chi connectivity index (χ4n) is 5.90. The number of carbonyl (C=O) groups is 3. The standard InChI is InChI=1S/C31H35N7O4/c1-20(22-8-12-32-13-9-22)42-29(39)28(17-21-6-7-27-24(16-21)18-33-36-27)35-30(40)37-14-10-25(11-15-37)38-19-23-4-2-3-5-26(23)34-31(38)41/h2-6,8-9,12-13,16,18,20,25,27-28,36H,7,10-11,14-15,17,19H2,1H3,(H,34,41)(H,35,40)/t20-,27?,28?/m0/s1. The molecule has 11 nitrogen and oxygen atoms in total. The summed E-state index contributed by atoms with van der Waals surface area (Å²) >= 11 is 0. The molecule has 1 aromatic carbocycles. The lowest BCUT2D eigenvalue weighted by Crippen LogP contribution is -2.54. The van der Waals surface area contributed by atoms with Crippen LogP contribution < -0.4 is 16.1 Å². The van der Waals surface area contributed by atoms with Gasteiger partial charge in [-0.1, -0.05) is 30.4 Å². The summed E-state index contributed by atoms with van der Waals surface area (Å²) in [5.41, 5.74) is 7.83. The molecule has 1 aromatic heterocycles. The van der Waals surface area contributed by atoms with Crippen LogP contribution in [0.25, 0.3) is 0 Å². The third kappa shape index (κ3) is 6.00. The van der Waals surface area contributed by atoms with Crippen LogP contribution in [0.3, 0.4) is 0 Å². The number of hydrazone groups is 1. The van der Waals surface area contributed by atoms with Gasteiger partial charge in [-0.05, 0) is 66.7 Å². The molecule has 1 saturated heterocycles. The van der Waals surface area contributed by atoms with E-state index in [1.165, 1.54) is 0 Å². The molecule has 0 saturated carbocycles. The molecule has 4 amide bonds. The van der Waals surface area contributed by atoms with Crippen LogP contribution in [0.15, 0.2) is 77.2 Å². The number of likely N-dealkylation sites (tertiary alicyclic amines) is 1. The number of hydrogen-bond donors (Lipinski definition) is 3. The van der Waals surface area contributed by atoms with E-state index >= 15 is 0 Å². The summed E-state index contributed by atoms with van der Waals surface area (Å²) < 4.78 is 5.81. The van der Waals surface area contributed by atoms with Crippen molar-refractivity contribution >= 4 is 29.9 Å². The number of ether oxygens (including phenoxy) is 1. The lowest BCUT2D eigenvalue weighted by molar-refractivity contribution is -0.151. The first kappa shape index (κ1) is 27.5. The van der Waals surface area contributed by atoms with Crippen molar-refractivity contribution in [2.24, 2.45) is 5.10 Å². The lowest BCUT2D eigenvalue weighted by Gasteiger charge is -2.40. The highest BCUT2D eigenvalue weighted by atomic mass is 16.5. The predicted octanol–water partition coefficient (Wildman–Crippen LogP) is 3.88. The second-order valence-electron chi connectivity index (χ2n) is 11.1. The normalized spacial score (nSPS) is 21.2. The van der Waals surface area contributed by atoms with Crippen LogP contribution in [0.4, 0.5) is 15.3 Å². The monoisotopic (exact) mass is 569 g/mol. The Morgan fingerprint density at radius 3 is 2.74 bits per heavy atom. The molecule has 4 aliphatic rings. The van der Waals surface area contributed by atoms with Gasteiger partial charge in [0.1, 0.15) is 12.1 Å². The molecular formula is C31H35N7O4. The SMILES string of the molecule is C[C@H](OC(=O)C(CC1=CCC2NN=CC2=C1)NC(=O)N1CCC(N2Cc3ccccc3NC2=O)CC1)c1ccncc1. The molecule has 218 valence electrons. The Hall–Kier alpha value is -4.67. The van der Waals surface area contributed by atoms with E-state index in [0.29, 0.717) is 38.9 Å². The van der Waals surface area contributed by atoms with Crippen LogP contribution in [-0.4, -0.2) is 70.2 Å². The maximum Gasteiger partial charge on any atom is 0.329 e. The molecule has 3 N–H and O–H groups in total. The summed E-state index contributed by atoms with van der Waals surface area (Å²) in [5, 5.41) is 10.1. The van der Waals surface area contributed by atoms with Gasteiger partial charge in [0.15, 0.2) is 0 Å². The Kier molecular flexibility index (Phi) is 7.89. The molecule has 11 heteroatoms. The number of allylic oxidation sites excluding steroid dienone is 1. The van der Waals surface area contributed by atoms with E-state index in [2.05, 4.69) is 32.2 Å². The number of nitrogens with zero attached hydrogens (tertiary/aromatic N) is 4. The topological polar surface area (TPSA) is 128 Å². The number of pyridine rings is 1. The van der Waals surface area contributed by atoms with Crippen molar-refractivity contribution < 1.29 is 19.1 Å². The summed E-state index contributed by atoms with van der Waals surface area (Å²) in [4.78, 5) is 47.3. The van der Waals surface area contributed by atoms with Gasteiger partial charge in [0.05, 0.1) is 12.3 Å². The molecule has 0 bridgehead atoms. The van der Waals surface area contributed by atoms with Crippen LogP contribution >= 0.6 is 0 Å². The van der Waals surface area contributed by atoms with Crippen LogP contribution in [0.5, 0.6) is 0 Å². The predicted molar refractivity (Wildman–Crippen MR) is 157 cm³/mol. The number of aromatic nitrogens is 1. The molecule has 42 heavy (non-hydrogen) atoms. The van der Waals surface area contributed by atoms with Gasteiger partial charge in [-0.15, -0.1) is 0 Å². The van der Waals surface area contributed by atoms with E-state index in [1.54, 1.807) is 42.6 Å². The lowest BCUT2D eigenvalue weighted by atomic mass is 9.93. The summed E-state index contributed by atoms with van der Waals surface area (Å²) in [6.45, 7) is 3.31. The highest BCUT2D eigenvalue weighted by molar-refractivity contribution is 5.92. The van der Waals surface area contributed by atoms with Crippen LogP contribution in [-0.2, 0) is 16.1 Å². The number of nitrogens with one attached hydrogen (secondary N) is 3. The summed E-state index contributed by atoms with van der Waals surface area (Å²) in [6.07, 6.45) is 11.1. The Labute approximate surface area is 244 Å². The number of rotatable bonds is 7. The second kappa shape index (κ2) is 12.1. The number of para-hydroxylation sites is 1. The van der Waals surface area contributed by atoms with Gasteiger partial charge in [-0.2, -0.15) is 5.10 Å². The molecule has 1 aliphatic carbocycles. The van der Waals surface area contributed by atoms with Crippen molar-refractivity contribution in [3.63, 3.8) is 0 Å². The molecule has 0 spiro atoms. The van der Waals surface area contributed by atoms with Crippen molar-refractivity contribution in [1.29, 1.82) is 0 Å². The van der Waals surface area contributed by atoms with E-state index < -0.39 is 18.1 Å².